The Morgan fingerprint density at radius 2 is 1.41 bits per heavy atom. The van der Waals surface area contributed by atoms with Gasteiger partial charge in [-0.1, -0.05) is 15.9 Å². The van der Waals surface area contributed by atoms with Gasteiger partial charge in [-0.2, -0.15) is 0 Å². The third-order valence-electron chi connectivity index (χ3n) is 1.85. The molecule has 0 atom stereocenters. The standard InChI is InChI=1S/C11H15BrO5/c1-13-6-16-9-4-8(12)5-10(11(9)15-3)17-7-14-2/h4-5H,6-7H2,1-3H3. The molecule has 0 fully saturated rings. The summed E-state index contributed by atoms with van der Waals surface area (Å²) in [5.74, 6) is 1.58. The van der Waals surface area contributed by atoms with E-state index in [1.165, 1.54) is 0 Å². The van der Waals surface area contributed by atoms with Crippen molar-refractivity contribution < 1.29 is 23.7 Å². The van der Waals surface area contributed by atoms with E-state index in [0.717, 1.165) is 4.47 Å². The van der Waals surface area contributed by atoms with E-state index in [-0.39, 0.29) is 13.6 Å². The fourth-order valence-corrected chi connectivity index (χ4v) is 1.62. The van der Waals surface area contributed by atoms with Crippen molar-refractivity contribution in [3.63, 3.8) is 0 Å². The van der Waals surface area contributed by atoms with Crippen molar-refractivity contribution in [3.8, 4) is 17.2 Å². The highest BCUT2D eigenvalue weighted by Crippen LogP contribution is 2.40. The molecule has 0 radical (unpaired) electrons. The van der Waals surface area contributed by atoms with Crippen molar-refractivity contribution in [3.05, 3.63) is 16.6 Å². The first-order valence-electron chi connectivity index (χ1n) is 4.84. The van der Waals surface area contributed by atoms with Gasteiger partial charge in [-0.15, -0.1) is 0 Å². The van der Waals surface area contributed by atoms with E-state index in [0.29, 0.717) is 17.2 Å². The Morgan fingerprint density at radius 3 is 1.76 bits per heavy atom. The molecule has 0 heterocycles. The molecule has 1 rings (SSSR count). The molecule has 0 bridgehead atoms. The smallest absolute Gasteiger partial charge is 0.203 e. The molecule has 0 aliphatic heterocycles. The lowest BCUT2D eigenvalue weighted by Crippen LogP contribution is -2.04. The van der Waals surface area contributed by atoms with Crippen molar-refractivity contribution in [1.82, 2.24) is 0 Å². The highest BCUT2D eigenvalue weighted by molar-refractivity contribution is 9.10. The summed E-state index contributed by atoms with van der Waals surface area (Å²) in [6.07, 6.45) is 0. The van der Waals surface area contributed by atoms with Crippen LogP contribution in [0.15, 0.2) is 16.6 Å². The van der Waals surface area contributed by atoms with E-state index in [1.54, 1.807) is 33.5 Å². The van der Waals surface area contributed by atoms with Crippen LogP contribution < -0.4 is 14.2 Å². The maximum atomic E-state index is 5.38. The molecule has 96 valence electrons. The molecule has 0 amide bonds. The summed E-state index contributed by atoms with van der Waals surface area (Å²) >= 11 is 3.36. The normalized spacial score (nSPS) is 10.1. The van der Waals surface area contributed by atoms with Gasteiger partial charge in [0.2, 0.25) is 5.75 Å². The summed E-state index contributed by atoms with van der Waals surface area (Å²) in [5.41, 5.74) is 0. The largest absolute Gasteiger partial charge is 0.490 e. The summed E-state index contributed by atoms with van der Waals surface area (Å²) < 4.78 is 26.5. The van der Waals surface area contributed by atoms with Gasteiger partial charge in [0.1, 0.15) is 0 Å². The number of halogens is 1. The molecular formula is C11H15BrO5. The topological polar surface area (TPSA) is 46.2 Å². The van der Waals surface area contributed by atoms with E-state index in [9.17, 15) is 0 Å². The summed E-state index contributed by atoms with van der Waals surface area (Å²) in [5, 5.41) is 0. The molecule has 0 spiro atoms. The van der Waals surface area contributed by atoms with Gasteiger partial charge in [0.15, 0.2) is 25.1 Å². The van der Waals surface area contributed by atoms with Gasteiger partial charge < -0.3 is 23.7 Å². The molecule has 0 saturated carbocycles. The zero-order chi connectivity index (χ0) is 12.7. The lowest BCUT2D eigenvalue weighted by Gasteiger charge is -2.15. The number of hydrogen-bond acceptors (Lipinski definition) is 5. The highest BCUT2D eigenvalue weighted by atomic mass is 79.9. The molecule has 1 aromatic rings. The lowest BCUT2D eigenvalue weighted by molar-refractivity contribution is 0.0421. The number of rotatable bonds is 7. The molecule has 5 nitrogen and oxygen atoms in total. The fourth-order valence-electron chi connectivity index (χ4n) is 1.21. The van der Waals surface area contributed by atoms with Crippen LogP contribution in [0.2, 0.25) is 0 Å². The first-order chi connectivity index (χ1) is 8.22. The maximum Gasteiger partial charge on any atom is 0.203 e. The molecule has 0 N–H and O–H groups in total. The number of hydrogen-bond donors (Lipinski definition) is 0. The minimum absolute atomic E-state index is 0.135. The van der Waals surface area contributed by atoms with Crippen LogP contribution in [0.4, 0.5) is 0 Å². The molecular weight excluding hydrogens is 292 g/mol. The van der Waals surface area contributed by atoms with E-state index in [4.69, 9.17) is 23.7 Å². The minimum atomic E-state index is 0.135. The van der Waals surface area contributed by atoms with Crippen LogP contribution >= 0.6 is 15.9 Å². The molecule has 0 unspecified atom stereocenters. The zero-order valence-corrected chi connectivity index (χ0v) is 11.6. The maximum absolute atomic E-state index is 5.38. The van der Waals surface area contributed by atoms with Crippen LogP contribution in [0.1, 0.15) is 0 Å². The summed E-state index contributed by atoms with van der Waals surface area (Å²) in [7, 11) is 4.64. The molecule has 1 aromatic carbocycles. The van der Waals surface area contributed by atoms with Crippen molar-refractivity contribution in [1.29, 1.82) is 0 Å². The molecule has 6 heteroatoms. The van der Waals surface area contributed by atoms with Gasteiger partial charge in [0.05, 0.1) is 7.11 Å². The van der Waals surface area contributed by atoms with E-state index in [2.05, 4.69) is 15.9 Å². The minimum Gasteiger partial charge on any atom is -0.490 e. The quantitative estimate of drug-likeness (QED) is 0.724. The van der Waals surface area contributed by atoms with Gasteiger partial charge in [0, 0.05) is 18.7 Å². The molecule has 0 aliphatic carbocycles. The Balaban J connectivity index is 2.97. The van der Waals surface area contributed by atoms with Crippen LogP contribution in [0, 0.1) is 0 Å². The number of methoxy groups -OCH3 is 3. The van der Waals surface area contributed by atoms with Gasteiger partial charge >= 0.3 is 0 Å². The van der Waals surface area contributed by atoms with Crippen molar-refractivity contribution in [2.75, 3.05) is 34.9 Å². The van der Waals surface area contributed by atoms with Crippen molar-refractivity contribution >= 4 is 15.9 Å². The Hall–Kier alpha value is -0.980. The summed E-state index contributed by atoms with van der Waals surface area (Å²) in [4.78, 5) is 0. The Kier molecular flexibility index (Phi) is 6.10. The monoisotopic (exact) mass is 306 g/mol. The molecule has 0 aromatic heterocycles. The summed E-state index contributed by atoms with van der Waals surface area (Å²) in [6.45, 7) is 0.271. The van der Waals surface area contributed by atoms with Crippen LogP contribution in [0.3, 0.4) is 0 Å². The zero-order valence-electron chi connectivity index (χ0n) is 9.99. The van der Waals surface area contributed by atoms with E-state index >= 15 is 0 Å². The van der Waals surface area contributed by atoms with E-state index < -0.39 is 0 Å². The summed E-state index contributed by atoms with van der Waals surface area (Å²) in [6, 6.07) is 3.55. The van der Waals surface area contributed by atoms with Crippen LogP contribution in [-0.2, 0) is 9.47 Å². The Bertz CT molecular complexity index is 327. The van der Waals surface area contributed by atoms with Gasteiger partial charge in [-0.25, -0.2) is 0 Å². The van der Waals surface area contributed by atoms with Crippen LogP contribution in [0.5, 0.6) is 17.2 Å². The first kappa shape index (κ1) is 14.1. The average Bonchev–Trinajstić information content (AvgIpc) is 2.33. The van der Waals surface area contributed by atoms with E-state index in [1.807, 2.05) is 0 Å². The van der Waals surface area contributed by atoms with Gasteiger partial charge in [-0.05, 0) is 12.1 Å². The number of benzene rings is 1. The molecule has 0 aliphatic rings. The Morgan fingerprint density at radius 1 is 0.941 bits per heavy atom. The lowest BCUT2D eigenvalue weighted by atomic mass is 10.3. The second kappa shape index (κ2) is 7.37. The van der Waals surface area contributed by atoms with Gasteiger partial charge in [-0.3, -0.25) is 0 Å². The van der Waals surface area contributed by atoms with Crippen molar-refractivity contribution in [2.24, 2.45) is 0 Å². The Labute approximate surface area is 109 Å². The van der Waals surface area contributed by atoms with Crippen LogP contribution in [0.25, 0.3) is 0 Å². The SMILES string of the molecule is COCOc1cc(Br)cc(OCOC)c1OC. The number of ether oxygens (including phenoxy) is 5. The van der Waals surface area contributed by atoms with Crippen molar-refractivity contribution in [2.45, 2.75) is 0 Å². The predicted molar refractivity (Wildman–Crippen MR) is 65.7 cm³/mol. The van der Waals surface area contributed by atoms with Gasteiger partial charge in [0.25, 0.3) is 0 Å². The molecule has 17 heavy (non-hydrogen) atoms. The fraction of sp³-hybridized carbons (Fsp3) is 0.455. The third kappa shape index (κ3) is 4.07. The third-order valence-corrected chi connectivity index (χ3v) is 2.31. The predicted octanol–water partition coefficient (Wildman–Crippen LogP) is 2.42. The van der Waals surface area contributed by atoms with Crippen LogP contribution in [-0.4, -0.2) is 34.9 Å². The first-order valence-corrected chi connectivity index (χ1v) is 5.63. The molecule has 0 saturated heterocycles. The second-order valence-electron chi connectivity index (χ2n) is 3.04. The highest BCUT2D eigenvalue weighted by Gasteiger charge is 2.13. The average molecular weight is 307 g/mol. The second-order valence-corrected chi connectivity index (χ2v) is 3.95.